The molecule has 0 amide bonds. The number of aliphatic hydroxyl groups excluding tert-OH is 1. The molecule has 0 radical (unpaired) electrons. The Kier molecular flexibility index (Phi) is 1.92. The van der Waals surface area contributed by atoms with Gasteiger partial charge in [-0.15, -0.1) is 0 Å². The molecular weight excluding hydrogens is 134 g/mol. The van der Waals surface area contributed by atoms with Gasteiger partial charge in [-0.25, -0.2) is 0 Å². The highest BCUT2D eigenvalue weighted by molar-refractivity contribution is 5.73. The molecule has 0 aromatic carbocycles. The van der Waals surface area contributed by atoms with Crippen LogP contribution < -0.4 is 0 Å². The van der Waals surface area contributed by atoms with Crippen LogP contribution in [-0.2, 0) is 4.79 Å². The molecular formula is C6H11NO3. The van der Waals surface area contributed by atoms with E-state index in [-0.39, 0.29) is 6.10 Å². The molecule has 2 N–H and O–H groups in total. The smallest absolute Gasteiger partial charge is 0.320 e. The van der Waals surface area contributed by atoms with Crippen molar-refractivity contribution in [1.29, 1.82) is 0 Å². The lowest BCUT2D eigenvalue weighted by Gasteiger charge is -2.38. The summed E-state index contributed by atoms with van der Waals surface area (Å²) in [4.78, 5) is 12.0. The number of β-amino-alcohol motifs (C(OH)–C–C–N with tert-alkyl or cyclic N) is 1. The second-order valence-corrected chi connectivity index (χ2v) is 2.62. The minimum absolute atomic E-state index is 0.318. The highest BCUT2D eigenvalue weighted by Gasteiger charge is 2.31. The number of likely N-dealkylation sites (tertiary alicyclic amines) is 1. The van der Waals surface area contributed by atoms with E-state index in [1.165, 1.54) is 0 Å². The van der Waals surface area contributed by atoms with E-state index in [4.69, 9.17) is 10.2 Å². The second-order valence-electron chi connectivity index (χ2n) is 2.62. The molecule has 0 saturated carbocycles. The first-order valence-electron chi connectivity index (χ1n) is 3.26. The van der Waals surface area contributed by atoms with Gasteiger partial charge in [-0.3, -0.25) is 9.69 Å². The quantitative estimate of drug-likeness (QED) is 0.530. The molecule has 58 valence electrons. The molecule has 1 atom stereocenters. The van der Waals surface area contributed by atoms with Crippen LogP contribution in [0.5, 0.6) is 0 Å². The summed E-state index contributed by atoms with van der Waals surface area (Å²) >= 11 is 0. The molecule has 1 rings (SSSR count). The lowest BCUT2D eigenvalue weighted by atomic mass is 10.1. The third kappa shape index (κ3) is 1.27. The Morgan fingerprint density at radius 3 is 2.50 bits per heavy atom. The van der Waals surface area contributed by atoms with Gasteiger partial charge >= 0.3 is 5.97 Å². The predicted octanol–water partition coefficient (Wildman–Crippen LogP) is -0.864. The lowest BCUT2D eigenvalue weighted by molar-refractivity contribution is -0.147. The first-order chi connectivity index (χ1) is 4.61. The Hall–Kier alpha value is -0.610. The highest BCUT2D eigenvalue weighted by atomic mass is 16.4. The third-order valence-electron chi connectivity index (χ3n) is 1.80. The molecule has 1 aliphatic heterocycles. The van der Waals surface area contributed by atoms with Crippen molar-refractivity contribution in [1.82, 2.24) is 4.90 Å². The Balaban J connectivity index is 2.31. The topological polar surface area (TPSA) is 60.8 Å². The van der Waals surface area contributed by atoms with Crippen molar-refractivity contribution in [3.8, 4) is 0 Å². The van der Waals surface area contributed by atoms with Gasteiger partial charge in [0.2, 0.25) is 0 Å². The van der Waals surface area contributed by atoms with Crippen LogP contribution in [0.2, 0.25) is 0 Å². The van der Waals surface area contributed by atoms with Crippen LogP contribution in [0.15, 0.2) is 0 Å². The number of carboxylic acids is 1. The fourth-order valence-corrected chi connectivity index (χ4v) is 0.960. The van der Waals surface area contributed by atoms with Crippen LogP contribution in [-0.4, -0.2) is 46.3 Å². The summed E-state index contributed by atoms with van der Waals surface area (Å²) in [6, 6.07) is -0.455. The van der Waals surface area contributed by atoms with Crippen molar-refractivity contribution in [2.45, 2.75) is 19.1 Å². The molecule has 0 spiro atoms. The van der Waals surface area contributed by atoms with E-state index in [9.17, 15) is 4.79 Å². The van der Waals surface area contributed by atoms with Gasteiger partial charge in [-0.05, 0) is 6.92 Å². The molecule has 0 aromatic heterocycles. The molecule has 0 aromatic rings. The van der Waals surface area contributed by atoms with Crippen molar-refractivity contribution in [2.24, 2.45) is 0 Å². The van der Waals surface area contributed by atoms with Crippen molar-refractivity contribution in [3.05, 3.63) is 0 Å². The Morgan fingerprint density at radius 1 is 1.70 bits per heavy atom. The average molecular weight is 145 g/mol. The summed E-state index contributed by atoms with van der Waals surface area (Å²) in [5, 5.41) is 17.3. The molecule has 1 heterocycles. The molecule has 1 aliphatic rings. The monoisotopic (exact) mass is 145 g/mol. The highest BCUT2D eigenvalue weighted by Crippen LogP contribution is 2.11. The van der Waals surface area contributed by atoms with Crippen LogP contribution >= 0.6 is 0 Å². The number of hydrogen-bond acceptors (Lipinski definition) is 3. The van der Waals surface area contributed by atoms with E-state index < -0.39 is 12.0 Å². The van der Waals surface area contributed by atoms with Gasteiger partial charge in [0.05, 0.1) is 6.10 Å². The Labute approximate surface area is 59.1 Å². The van der Waals surface area contributed by atoms with Crippen molar-refractivity contribution in [2.75, 3.05) is 13.1 Å². The number of aliphatic carboxylic acids is 1. The molecule has 0 bridgehead atoms. The van der Waals surface area contributed by atoms with Gasteiger partial charge in [0.1, 0.15) is 6.04 Å². The normalized spacial score (nSPS) is 23.8. The third-order valence-corrected chi connectivity index (χ3v) is 1.80. The number of nitrogens with zero attached hydrogens (tertiary/aromatic N) is 1. The summed E-state index contributed by atoms with van der Waals surface area (Å²) in [6.07, 6.45) is -0.318. The van der Waals surface area contributed by atoms with E-state index >= 15 is 0 Å². The Bertz CT molecular complexity index is 142. The fraction of sp³-hybridized carbons (Fsp3) is 0.833. The fourth-order valence-electron chi connectivity index (χ4n) is 0.960. The predicted molar refractivity (Wildman–Crippen MR) is 34.7 cm³/mol. The largest absolute Gasteiger partial charge is 0.480 e. The number of aliphatic hydroxyl groups is 1. The number of carbonyl (C=O) groups is 1. The summed E-state index contributed by atoms with van der Waals surface area (Å²) in [7, 11) is 0. The minimum Gasteiger partial charge on any atom is -0.480 e. The number of hydrogen-bond donors (Lipinski definition) is 2. The van der Waals surface area contributed by atoms with Gasteiger partial charge in [0.25, 0.3) is 0 Å². The van der Waals surface area contributed by atoms with Crippen molar-refractivity contribution < 1.29 is 15.0 Å². The SMILES string of the molecule is C[C@@H](C(=O)O)N1CC(O)C1. The maximum Gasteiger partial charge on any atom is 0.320 e. The maximum atomic E-state index is 10.3. The van der Waals surface area contributed by atoms with Crippen LogP contribution in [0.25, 0.3) is 0 Å². The first-order valence-corrected chi connectivity index (χ1v) is 3.26. The minimum atomic E-state index is -0.827. The first kappa shape index (κ1) is 7.50. The van der Waals surface area contributed by atoms with Crippen molar-refractivity contribution in [3.63, 3.8) is 0 Å². The number of carboxylic acid groups (broad SMARTS) is 1. The average Bonchev–Trinajstić information content (AvgIpc) is 1.79. The molecule has 10 heavy (non-hydrogen) atoms. The van der Waals surface area contributed by atoms with E-state index in [0.29, 0.717) is 13.1 Å². The van der Waals surface area contributed by atoms with Gasteiger partial charge < -0.3 is 10.2 Å². The van der Waals surface area contributed by atoms with E-state index in [0.717, 1.165) is 0 Å². The van der Waals surface area contributed by atoms with E-state index in [1.54, 1.807) is 11.8 Å². The van der Waals surface area contributed by atoms with E-state index in [2.05, 4.69) is 0 Å². The van der Waals surface area contributed by atoms with E-state index in [1.807, 2.05) is 0 Å². The number of rotatable bonds is 2. The zero-order valence-corrected chi connectivity index (χ0v) is 5.82. The molecule has 4 heteroatoms. The van der Waals surface area contributed by atoms with Gasteiger partial charge in [0.15, 0.2) is 0 Å². The van der Waals surface area contributed by atoms with Crippen LogP contribution in [0.3, 0.4) is 0 Å². The molecule has 1 saturated heterocycles. The van der Waals surface area contributed by atoms with Gasteiger partial charge in [-0.1, -0.05) is 0 Å². The van der Waals surface area contributed by atoms with Gasteiger partial charge in [0, 0.05) is 13.1 Å². The van der Waals surface area contributed by atoms with Crippen LogP contribution in [0, 0.1) is 0 Å². The molecule has 0 aliphatic carbocycles. The second kappa shape index (κ2) is 2.56. The lowest BCUT2D eigenvalue weighted by Crippen LogP contribution is -2.56. The van der Waals surface area contributed by atoms with Gasteiger partial charge in [-0.2, -0.15) is 0 Å². The standard InChI is InChI=1S/C6H11NO3/c1-4(6(9)10)7-2-5(8)3-7/h4-5,8H,2-3H2,1H3,(H,9,10)/t4-/m0/s1. The van der Waals surface area contributed by atoms with Crippen LogP contribution in [0.4, 0.5) is 0 Å². The Morgan fingerprint density at radius 2 is 2.20 bits per heavy atom. The summed E-state index contributed by atoms with van der Waals surface area (Å²) in [6.45, 7) is 2.61. The molecule has 1 fully saturated rings. The summed E-state index contributed by atoms with van der Waals surface area (Å²) in [5.74, 6) is -0.827. The maximum absolute atomic E-state index is 10.3. The zero-order valence-electron chi connectivity index (χ0n) is 5.82. The van der Waals surface area contributed by atoms with Crippen LogP contribution in [0.1, 0.15) is 6.92 Å². The van der Waals surface area contributed by atoms with Crippen molar-refractivity contribution >= 4 is 5.97 Å². The zero-order chi connectivity index (χ0) is 7.72. The molecule has 4 nitrogen and oxygen atoms in total. The summed E-state index contributed by atoms with van der Waals surface area (Å²) in [5.41, 5.74) is 0. The summed E-state index contributed by atoms with van der Waals surface area (Å²) < 4.78 is 0. The molecule has 0 unspecified atom stereocenters.